The number of hydrogen-bond donors (Lipinski definition) is 2. The third kappa shape index (κ3) is 6.68. The van der Waals surface area contributed by atoms with Crippen molar-refractivity contribution in [2.24, 2.45) is 0 Å². The highest BCUT2D eigenvalue weighted by atomic mass is 35.5. The van der Waals surface area contributed by atoms with Crippen LogP contribution < -0.4 is 15.5 Å². The van der Waals surface area contributed by atoms with Crippen molar-refractivity contribution in [2.75, 3.05) is 44.4 Å². The van der Waals surface area contributed by atoms with Crippen molar-refractivity contribution >= 4 is 52.0 Å². The predicted octanol–water partition coefficient (Wildman–Crippen LogP) is 5.31. The number of fused-ring (bicyclic) bond motifs is 1. The summed E-state index contributed by atoms with van der Waals surface area (Å²) in [7, 11) is 6.04. The van der Waals surface area contributed by atoms with Crippen molar-refractivity contribution in [1.29, 1.82) is 0 Å². The van der Waals surface area contributed by atoms with E-state index < -0.39 is 5.54 Å². The largest absolute Gasteiger partial charge is 0.344 e. The summed E-state index contributed by atoms with van der Waals surface area (Å²) >= 11 is 13.0. The van der Waals surface area contributed by atoms with Crippen molar-refractivity contribution in [3.63, 3.8) is 0 Å². The van der Waals surface area contributed by atoms with Crippen LogP contribution in [0.15, 0.2) is 30.5 Å². The molecule has 0 atom stereocenters. The molecule has 0 spiro atoms. The summed E-state index contributed by atoms with van der Waals surface area (Å²) in [5.41, 5.74) is 1.20. The van der Waals surface area contributed by atoms with E-state index in [0.717, 1.165) is 19.5 Å². The smallest absolute Gasteiger partial charge is 0.320 e. The molecule has 1 aromatic carbocycles. The Labute approximate surface area is 210 Å². The lowest BCUT2D eigenvalue weighted by Gasteiger charge is -2.22. The number of anilines is 2. The predicted molar refractivity (Wildman–Crippen MR) is 141 cm³/mol. The monoisotopic (exact) mass is 503 g/mol. The maximum atomic E-state index is 12.7. The Morgan fingerprint density at radius 2 is 1.74 bits per heavy atom. The van der Waals surface area contributed by atoms with Gasteiger partial charge in [0.2, 0.25) is 5.95 Å². The molecule has 3 aromatic rings. The van der Waals surface area contributed by atoms with Crippen LogP contribution >= 0.6 is 23.2 Å². The Bertz CT molecular complexity index is 1160. The van der Waals surface area contributed by atoms with E-state index in [1.54, 1.807) is 24.4 Å². The summed E-state index contributed by atoms with van der Waals surface area (Å²) in [4.78, 5) is 30.7. The molecule has 10 heteroatoms. The van der Waals surface area contributed by atoms with Crippen LogP contribution in [0, 0.1) is 0 Å². The Hall–Kier alpha value is -2.68. The number of carbonyl (C=O) groups is 1. The topological polar surface area (TPSA) is 86.3 Å². The first-order chi connectivity index (χ1) is 15.9. The first-order valence-corrected chi connectivity index (χ1v) is 11.8. The van der Waals surface area contributed by atoms with Gasteiger partial charge in [0, 0.05) is 41.8 Å². The average molecular weight is 504 g/mol. The lowest BCUT2D eigenvalue weighted by atomic mass is 10.0. The summed E-state index contributed by atoms with van der Waals surface area (Å²) in [6.45, 7) is 7.47. The second-order valence-corrected chi connectivity index (χ2v) is 10.3. The fourth-order valence-corrected chi connectivity index (χ4v) is 3.98. The number of aromatic nitrogens is 3. The summed E-state index contributed by atoms with van der Waals surface area (Å²) in [5, 5.41) is 7.34. The van der Waals surface area contributed by atoms with E-state index in [1.807, 2.05) is 52.9 Å². The van der Waals surface area contributed by atoms with Gasteiger partial charge in [0.05, 0.1) is 10.0 Å². The first-order valence-electron chi connectivity index (χ1n) is 11.0. The quantitative estimate of drug-likeness (QED) is 0.454. The van der Waals surface area contributed by atoms with E-state index in [9.17, 15) is 4.79 Å². The van der Waals surface area contributed by atoms with E-state index >= 15 is 0 Å². The minimum Gasteiger partial charge on any atom is -0.344 e. The van der Waals surface area contributed by atoms with Gasteiger partial charge in [0.15, 0.2) is 5.65 Å². The van der Waals surface area contributed by atoms with E-state index in [4.69, 9.17) is 23.2 Å². The standard InChI is InChI=1S/C24H31Cl2N7O/c1-24(2,3)31-23(34)30-21-16(19-17(25)9-7-10-18(19)26)13-15-14-27-22(29-20(15)28-21)33(6)12-8-11-32(4)5/h7,9-10,13-14H,8,11-12H2,1-6H3,(H2,27,28,29,30,31,34). The molecule has 0 aliphatic carbocycles. The van der Waals surface area contributed by atoms with Gasteiger partial charge < -0.3 is 15.1 Å². The molecule has 182 valence electrons. The summed E-state index contributed by atoms with van der Waals surface area (Å²) in [5.74, 6) is 0.872. The number of pyridine rings is 1. The molecular formula is C24H31Cl2N7O. The van der Waals surface area contributed by atoms with Crippen LogP contribution in [0.1, 0.15) is 27.2 Å². The van der Waals surface area contributed by atoms with Gasteiger partial charge in [-0.15, -0.1) is 0 Å². The number of amides is 2. The molecule has 2 aromatic heterocycles. The second kappa shape index (κ2) is 10.7. The van der Waals surface area contributed by atoms with Gasteiger partial charge in [-0.25, -0.2) is 14.8 Å². The zero-order chi connectivity index (χ0) is 25.0. The van der Waals surface area contributed by atoms with Crippen LogP contribution in [-0.2, 0) is 0 Å². The lowest BCUT2D eigenvalue weighted by molar-refractivity contribution is 0.243. The highest BCUT2D eigenvalue weighted by Gasteiger charge is 2.20. The Morgan fingerprint density at radius 1 is 1.06 bits per heavy atom. The maximum Gasteiger partial charge on any atom is 0.320 e. The molecule has 0 bridgehead atoms. The fourth-order valence-electron chi connectivity index (χ4n) is 3.38. The Morgan fingerprint density at radius 3 is 2.35 bits per heavy atom. The first kappa shape index (κ1) is 25.9. The van der Waals surface area contributed by atoms with Gasteiger partial charge in [-0.3, -0.25) is 5.32 Å². The van der Waals surface area contributed by atoms with Gasteiger partial charge in [-0.2, -0.15) is 4.98 Å². The summed E-state index contributed by atoms with van der Waals surface area (Å²) in [6, 6.07) is 6.71. The molecule has 2 amide bonds. The van der Waals surface area contributed by atoms with E-state index in [2.05, 4.69) is 30.5 Å². The highest BCUT2D eigenvalue weighted by molar-refractivity contribution is 6.39. The third-order valence-corrected chi connectivity index (χ3v) is 5.58. The van der Waals surface area contributed by atoms with Gasteiger partial charge in [-0.05, 0) is 66.0 Å². The van der Waals surface area contributed by atoms with Gasteiger partial charge in [0.25, 0.3) is 0 Å². The summed E-state index contributed by atoms with van der Waals surface area (Å²) in [6.07, 6.45) is 2.70. The second-order valence-electron chi connectivity index (χ2n) is 9.47. The van der Waals surface area contributed by atoms with E-state index in [0.29, 0.717) is 44.0 Å². The van der Waals surface area contributed by atoms with Crippen LogP contribution in [0.25, 0.3) is 22.2 Å². The van der Waals surface area contributed by atoms with Gasteiger partial charge in [-0.1, -0.05) is 29.3 Å². The fraction of sp³-hybridized carbons (Fsp3) is 0.417. The molecular weight excluding hydrogens is 473 g/mol. The number of carbonyl (C=O) groups excluding carboxylic acids is 1. The Balaban J connectivity index is 2.05. The molecule has 2 heterocycles. The van der Waals surface area contributed by atoms with Crippen molar-refractivity contribution in [1.82, 2.24) is 25.2 Å². The number of benzene rings is 1. The maximum absolute atomic E-state index is 12.7. The van der Waals surface area contributed by atoms with Crippen LogP contribution in [-0.4, -0.2) is 65.7 Å². The molecule has 8 nitrogen and oxygen atoms in total. The highest BCUT2D eigenvalue weighted by Crippen LogP contribution is 2.39. The lowest BCUT2D eigenvalue weighted by Crippen LogP contribution is -2.43. The van der Waals surface area contributed by atoms with Crippen molar-refractivity contribution in [3.05, 3.63) is 40.5 Å². The number of nitrogens with one attached hydrogen (secondary N) is 2. The zero-order valence-electron chi connectivity index (χ0n) is 20.4. The minimum atomic E-state index is -0.423. The minimum absolute atomic E-state index is 0.309. The molecule has 0 aliphatic heterocycles. The van der Waals surface area contributed by atoms with E-state index in [-0.39, 0.29) is 6.03 Å². The molecule has 0 unspecified atom stereocenters. The average Bonchev–Trinajstić information content (AvgIpc) is 2.71. The molecule has 3 rings (SSSR count). The summed E-state index contributed by atoms with van der Waals surface area (Å²) < 4.78 is 0. The van der Waals surface area contributed by atoms with Gasteiger partial charge >= 0.3 is 6.03 Å². The molecule has 0 fully saturated rings. The van der Waals surface area contributed by atoms with Crippen molar-refractivity contribution in [2.45, 2.75) is 32.7 Å². The number of hydrogen-bond acceptors (Lipinski definition) is 6. The number of nitrogens with zero attached hydrogens (tertiary/aromatic N) is 5. The normalized spacial score (nSPS) is 11.7. The molecule has 0 saturated heterocycles. The number of rotatable bonds is 7. The number of urea groups is 1. The van der Waals surface area contributed by atoms with Crippen LogP contribution in [0.3, 0.4) is 0 Å². The Kier molecular flexibility index (Phi) is 8.17. The molecule has 0 saturated carbocycles. The third-order valence-electron chi connectivity index (χ3n) is 4.95. The molecule has 0 radical (unpaired) electrons. The van der Waals surface area contributed by atoms with Crippen molar-refractivity contribution < 1.29 is 4.79 Å². The van der Waals surface area contributed by atoms with Crippen LogP contribution in [0.4, 0.5) is 16.6 Å². The van der Waals surface area contributed by atoms with Crippen LogP contribution in [0.5, 0.6) is 0 Å². The molecule has 0 aliphatic rings. The van der Waals surface area contributed by atoms with E-state index in [1.165, 1.54) is 0 Å². The number of halogens is 2. The van der Waals surface area contributed by atoms with Gasteiger partial charge in [0.1, 0.15) is 5.82 Å². The molecule has 34 heavy (non-hydrogen) atoms. The van der Waals surface area contributed by atoms with Crippen LogP contribution in [0.2, 0.25) is 10.0 Å². The SMILES string of the molecule is CN(C)CCCN(C)c1ncc2cc(-c3c(Cl)cccc3Cl)c(NC(=O)NC(C)(C)C)nc2n1. The molecule has 2 N–H and O–H groups in total. The van der Waals surface area contributed by atoms with Crippen molar-refractivity contribution in [3.8, 4) is 11.1 Å². The zero-order valence-corrected chi connectivity index (χ0v) is 21.9.